The minimum absolute atomic E-state index is 0. The summed E-state index contributed by atoms with van der Waals surface area (Å²) in [7, 11) is 0. The lowest BCUT2D eigenvalue weighted by atomic mass is 12.0. The van der Waals surface area contributed by atoms with Gasteiger partial charge < -0.3 is 0 Å². The fourth-order valence-electron chi connectivity index (χ4n) is 0. The van der Waals surface area contributed by atoms with Crippen LogP contribution in [0.2, 0.25) is 0 Å². The van der Waals surface area contributed by atoms with E-state index in [1.165, 1.54) is 0 Å². The molecule has 0 fully saturated rings. The summed E-state index contributed by atoms with van der Waals surface area (Å²) >= 11 is 0. The smallest absolute Gasteiger partial charge is 0.154 e. The topological polar surface area (TPSA) is 69.2 Å². The highest BCUT2D eigenvalue weighted by Crippen LogP contribution is 1.29. The first kappa shape index (κ1) is 8.89. The van der Waals surface area contributed by atoms with Crippen molar-refractivity contribution in [3.63, 3.8) is 0 Å². The minimum atomic E-state index is -1.00. The standard InChI is InChI=1S/CH.H2N2O2/c;1-2(3)4/h1H;1H2. The maximum Gasteiger partial charge on any atom is 0.154 e. The van der Waals surface area contributed by atoms with Crippen LogP contribution >= 0.6 is 0 Å². The summed E-state index contributed by atoms with van der Waals surface area (Å²) < 4.78 is 0. The molecule has 2 N–H and O–H groups in total. The van der Waals surface area contributed by atoms with Gasteiger partial charge in [0, 0.05) is 0 Å². The van der Waals surface area contributed by atoms with Crippen LogP contribution in [-0.4, -0.2) is 5.03 Å². The molecule has 0 rings (SSSR count). The molecule has 0 aliphatic heterocycles. The summed E-state index contributed by atoms with van der Waals surface area (Å²) in [6, 6.07) is 0. The van der Waals surface area contributed by atoms with Crippen LogP contribution in [0.5, 0.6) is 0 Å². The normalized spacial score (nSPS) is 4.80. The Kier molecular flexibility index (Phi) is 5.69. The van der Waals surface area contributed by atoms with Crippen molar-refractivity contribution in [2.24, 2.45) is 5.84 Å². The number of nitrogens with two attached hydrogens (primary N) is 1. The van der Waals surface area contributed by atoms with E-state index in [1.807, 2.05) is 0 Å². The van der Waals surface area contributed by atoms with Crippen LogP contribution < -0.4 is 5.84 Å². The summed E-state index contributed by atoms with van der Waals surface area (Å²) in [5.74, 6) is 3.83. The van der Waals surface area contributed by atoms with E-state index in [-0.39, 0.29) is 7.43 Å². The van der Waals surface area contributed by atoms with E-state index in [4.69, 9.17) is 10.1 Å². The van der Waals surface area contributed by atoms with E-state index in [2.05, 4.69) is 5.84 Å². The zero-order valence-corrected chi connectivity index (χ0v) is 2.42. The molecule has 0 atom stereocenters. The Morgan fingerprint density at radius 3 is 1.80 bits per heavy atom. The minimum Gasteiger partial charge on any atom is -0.235 e. The van der Waals surface area contributed by atoms with Gasteiger partial charge in [0.25, 0.3) is 0 Å². The summed E-state index contributed by atoms with van der Waals surface area (Å²) in [6.07, 6.45) is 0. The van der Waals surface area contributed by atoms with Crippen LogP contribution in [0.3, 0.4) is 0 Å². The van der Waals surface area contributed by atoms with Gasteiger partial charge in [0.1, 0.15) is 0 Å². The van der Waals surface area contributed by atoms with Crippen molar-refractivity contribution in [1.29, 1.82) is 0 Å². The molecule has 0 aromatic rings. The van der Waals surface area contributed by atoms with Gasteiger partial charge in [-0.15, -0.1) is 0 Å². The van der Waals surface area contributed by atoms with Crippen LogP contribution in [0, 0.1) is 17.5 Å². The van der Waals surface area contributed by atoms with E-state index in [0.29, 0.717) is 0 Å². The first-order chi connectivity index (χ1) is 1.73. The first-order valence-electron chi connectivity index (χ1n) is 0.623. The lowest BCUT2D eigenvalue weighted by Gasteiger charge is -1.61. The fraction of sp³-hybridized carbons (Fsp3) is 0. The molecule has 4 heteroatoms. The van der Waals surface area contributed by atoms with E-state index < -0.39 is 5.03 Å². The number of hydrazine groups is 1. The quantitative estimate of drug-likeness (QED) is 0.236. The molecule has 4 nitrogen and oxygen atoms in total. The maximum atomic E-state index is 8.58. The Labute approximate surface area is 29.7 Å². The van der Waals surface area contributed by atoms with Crippen LogP contribution in [0.25, 0.3) is 0 Å². The van der Waals surface area contributed by atoms with E-state index in [1.54, 1.807) is 0 Å². The van der Waals surface area contributed by atoms with Gasteiger partial charge in [0.15, 0.2) is 5.03 Å². The third-order valence-corrected chi connectivity index (χ3v) is 0. The molecule has 0 aliphatic rings. The molecule has 0 aliphatic carbocycles. The number of nitrogens with zero attached hydrogens (tertiary/aromatic N) is 1. The van der Waals surface area contributed by atoms with Gasteiger partial charge in [0.05, 0.1) is 0 Å². The van der Waals surface area contributed by atoms with Gasteiger partial charge in [-0.05, 0) is 7.43 Å². The lowest BCUT2D eigenvalue weighted by molar-refractivity contribution is -0.491. The summed E-state index contributed by atoms with van der Waals surface area (Å²) in [6.45, 7) is 0. The zero-order valence-electron chi connectivity index (χ0n) is 2.42. The second-order valence-corrected chi connectivity index (χ2v) is 0.285. The average molecular weight is 75.0 g/mol. The van der Waals surface area contributed by atoms with Gasteiger partial charge >= 0.3 is 0 Å². The molecule has 0 heterocycles. The monoisotopic (exact) mass is 75.0 g/mol. The Morgan fingerprint density at radius 1 is 1.80 bits per heavy atom. The Balaban J connectivity index is 0. The molecule has 29 valence electrons. The Morgan fingerprint density at radius 2 is 1.80 bits per heavy atom. The molecule has 5 heavy (non-hydrogen) atoms. The summed E-state index contributed by atoms with van der Waals surface area (Å²) in [5, 5.41) is 7.58. The van der Waals surface area contributed by atoms with Crippen molar-refractivity contribution in [1.82, 2.24) is 0 Å². The Bertz CT molecular complexity index is 30.6. The third kappa shape index (κ3) is 7.20. The molecule has 0 bridgehead atoms. The summed E-state index contributed by atoms with van der Waals surface area (Å²) in [5.41, 5.74) is 0. The fourth-order valence-corrected chi connectivity index (χ4v) is 0. The molecule has 0 saturated carbocycles. The number of hydrogen-bond donors (Lipinski definition) is 1. The second-order valence-electron chi connectivity index (χ2n) is 0.285. The lowest BCUT2D eigenvalue weighted by Crippen LogP contribution is -2.04. The highest BCUT2D eigenvalue weighted by molar-refractivity contribution is 3.87. The van der Waals surface area contributed by atoms with Gasteiger partial charge in [-0.3, -0.25) is 0 Å². The van der Waals surface area contributed by atoms with Crippen molar-refractivity contribution >= 4 is 0 Å². The van der Waals surface area contributed by atoms with Crippen LogP contribution in [0.1, 0.15) is 0 Å². The van der Waals surface area contributed by atoms with E-state index >= 15 is 0 Å². The number of nitro groups is 1. The van der Waals surface area contributed by atoms with Gasteiger partial charge in [-0.2, -0.15) is 5.84 Å². The van der Waals surface area contributed by atoms with E-state index in [0.717, 1.165) is 0 Å². The molecule has 0 aromatic carbocycles. The van der Waals surface area contributed by atoms with Gasteiger partial charge in [0.2, 0.25) is 0 Å². The number of hydrogen-bond acceptors (Lipinski definition) is 2. The van der Waals surface area contributed by atoms with Gasteiger partial charge in [-0.1, -0.05) is 0 Å². The van der Waals surface area contributed by atoms with Crippen molar-refractivity contribution in [3.8, 4) is 0 Å². The van der Waals surface area contributed by atoms with Crippen molar-refractivity contribution in [2.75, 3.05) is 0 Å². The second kappa shape index (κ2) is 3.20. The van der Waals surface area contributed by atoms with Crippen LogP contribution in [0.15, 0.2) is 0 Å². The maximum absolute atomic E-state index is 8.58. The molecule has 0 unspecified atom stereocenters. The van der Waals surface area contributed by atoms with Crippen molar-refractivity contribution in [3.05, 3.63) is 17.5 Å². The van der Waals surface area contributed by atoms with Crippen LogP contribution in [0.4, 0.5) is 0 Å². The van der Waals surface area contributed by atoms with Crippen molar-refractivity contribution < 1.29 is 5.03 Å². The largest absolute Gasteiger partial charge is 0.235 e. The van der Waals surface area contributed by atoms with Gasteiger partial charge in [-0.25, -0.2) is 10.1 Å². The molecule has 0 aromatic heterocycles. The third-order valence-electron chi connectivity index (χ3n) is 0. The van der Waals surface area contributed by atoms with Crippen LogP contribution in [-0.2, 0) is 0 Å². The molecular weight excluding hydrogens is 72.0 g/mol. The predicted octanol–water partition coefficient (Wildman–Crippen LogP) is -0.659. The first-order valence-corrected chi connectivity index (χ1v) is 0.623. The van der Waals surface area contributed by atoms with E-state index in [9.17, 15) is 0 Å². The molecule has 0 spiro atoms. The zero-order chi connectivity index (χ0) is 3.58. The average Bonchev–Trinajstić information content (AvgIpc) is 0.811. The molecule has 3 radical (unpaired) electrons. The number of rotatable bonds is 0. The Hall–Kier alpha value is -0.800. The molecule has 0 amide bonds. The molecular formula is CH3N2O2. The SMILES string of the molecule is N[N+](=O)[O-].[CH]. The highest BCUT2D eigenvalue weighted by Gasteiger charge is 1.57. The predicted molar refractivity (Wildman–Crippen MR) is 15.5 cm³/mol. The summed E-state index contributed by atoms with van der Waals surface area (Å²) in [4.78, 5) is 8.58. The molecule has 0 saturated heterocycles. The van der Waals surface area contributed by atoms with Crippen molar-refractivity contribution in [2.45, 2.75) is 0 Å². The highest BCUT2D eigenvalue weighted by atomic mass is 16.7.